The fraction of sp³-hybridized carbons (Fsp3) is 0.523. The van der Waals surface area contributed by atoms with Crippen LogP contribution in [0.3, 0.4) is 0 Å². The molecule has 358 valence electrons. The molecule has 21 nitrogen and oxygen atoms in total. The van der Waals surface area contributed by atoms with Gasteiger partial charge < -0.3 is 42.1 Å². The highest BCUT2D eigenvalue weighted by molar-refractivity contribution is 7.91. The van der Waals surface area contributed by atoms with Gasteiger partial charge in [0, 0.05) is 74.7 Å². The van der Waals surface area contributed by atoms with Crippen LogP contribution in [0.4, 0.5) is 47.1 Å². The van der Waals surface area contributed by atoms with Crippen molar-refractivity contribution in [3.05, 3.63) is 58.7 Å². The van der Waals surface area contributed by atoms with E-state index in [0.29, 0.717) is 78.2 Å². The Morgan fingerprint density at radius 1 is 0.788 bits per heavy atom. The summed E-state index contributed by atoms with van der Waals surface area (Å²) in [6.07, 6.45) is 1.81. The topological polar surface area (TPSA) is 277 Å². The summed E-state index contributed by atoms with van der Waals surface area (Å²) in [5, 5.41) is 15.7. The molecule has 2 saturated heterocycles. The number of carbonyl (C=O) groups is 3. The molecule has 0 aliphatic carbocycles. The van der Waals surface area contributed by atoms with Crippen LogP contribution < -0.4 is 47.6 Å². The first-order valence-corrected chi connectivity index (χ1v) is 23.5. The van der Waals surface area contributed by atoms with E-state index in [1.165, 1.54) is 7.11 Å². The van der Waals surface area contributed by atoms with Crippen LogP contribution in [0.1, 0.15) is 92.6 Å². The van der Waals surface area contributed by atoms with E-state index in [1.54, 1.807) is 30.3 Å². The molecule has 2 aliphatic rings. The van der Waals surface area contributed by atoms with Gasteiger partial charge in [-0.3, -0.25) is 19.2 Å². The first-order valence-electron chi connectivity index (χ1n) is 21.7. The lowest BCUT2D eigenvalue weighted by Crippen LogP contribution is -2.33. The molecule has 22 heteroatoms. The van der Waals surface area contributed by atoms with Gasteiger partial charge in [-0.2, -0.15) is 29.9 Å². The zero-order valence-corrected chi connectivity index (χ0v) is 40.6. The van der Waals surface area contributed by atoms with Gasteiger partial charge in [-0.05, 0) is 72.9 Å². The van der Waals surface area contributed by atoms with Gasteiger partial charge in [-0.15, -0.1) is 0 Å². The lowest BCUT2D eigenvalue weighted by atomic mass is 9.96. The molecule has 6 rings (SSSR count). The number of rotatable bonds is 16. The zero-order valence-electron chi connectivity index (χ0n) is 39.8. The summed E-state index contributed by atoms with van der Waals surface area (Å²) in [7, 11) is 2.17. The fourth-order valence-electron chi connectivity index (χ4n) is 7.23. The monoisotopic (exact) mass is 931 g/mol. The lowest BCUT2D eigenvalue weighted by Gasteiger charge is -2.27. The third-order valence-electron chi connectivity index (χ3n) is 10.2. The van der Waals surface area contributed by atoms with Crippen LogP contribution in [0.2, 0.25) is 0 Å². The molecule has 3 amide bonds. The van der Waals surface area contributed by atoms with E-state index >= 15 is 0 Å². The standard InChI is InChI=1S/C23H34N8O3.C21H31N7O3S/c1-14-7-8-15(19(33)30-34-6)11-17(14)26-21-27-20(24-12-16-9-10-18(32)25-16)28-22(29-21)31(5)13-23(2,3)4;1-13-6-7-14(17(22)29)10-16(13)24-19-25-18(23-15-8-9-32(30,31)11-15)26-20(27-19)28(5)12-21(2,3)4/h7-8,11,16H,9-10,12-13H2,1-6H3,(H,25,32)(H,30,33)(H2,24,26,27,28,29);6-7,10,15H,8-9,11-12H2,1-5H3,(H2,22,29)(H2,23,24,25,26,27). The maximum atomic E-state index is 12.2. The number of nitrogens with two attached hydrogens (primary N) is 1. The number of nitrogens with one attached hydrogen (secondary N) is 6. The smallest absolute Gasteiger partial charge is 0.274 e. The number of sulfone groups is 1. The van der Waals surface area contributed by atoms with Crippen LogP contribution in [0, 0.1) is 24.7 Å². The first kappa shape index (κ1) is 50.6. The predicted octanol–water partition coefficient (Wildman–Crippen LogP) is 4.49. The highest BCUT2D eigenvalue weighted by Gasteiger charge is 2.29. The molecule has 8 N–H and O–H groups in total. The van der Waals surface area contributed by atoms with Crippen LogP contribution in [0.15, 0.2) is 36.4 Å². The lowest BCUT2D eigenvalue weighted by molar-refractivity contribution is -0.119. The molecule has 66 heavy (non-hydrogen) atoms. The second-order valence-corrected chi connectivity index (χ2v) is 21.4. The molecule has 2 fully saturated rings. The van der Waals surface area contributed by atoms with Gasteiger partial charge in [0.15, 0.2) is 9.84 Å². The van der Waals surface area contributed by atoms with E-state index in [-0.39, 0.29) is 52.2 Å². The number of amides is 3. The summed E-state index contributed by atoms with van der Waals surface area (Å²) < 4.78 is 23.7. The average molecular weight is 932 g/mol. The number of nitrogens with zero attached hydrogens (tertiary/aromatic N) is 8. The molecule has 0 bridgehead atoms. The third kappa shape index (κ3) is 15.4. The van der Waals surface area contributed by atoms with E-state index in [2.05, 4.69) is 104 Å². The third-order valence-corrected chi connectivity index (χ3v) is 12.0. The van der Waals surface area contributed by atoms with Gasteiger partial charge in [0.1, 0.15) is 0 Å². The van der Waals surface area contributed by atoms with Crippen molar-refractivity contribution in [3.63, 3.8) is 0 Å². The summed E-state index contributed by atoms with van der Waals surface area (Å²) >= 11 is 0. The van der Waals surface area contributed by atoms with E-state index in [9.17, 15) is 22.8 Å². The number of anilines is 8. The Hall–Kier alpha value is -6.42. The minimum absolute atomic E-state index is 0.00843. The van der Waals surface area contributed by atoms with Crippen molar-refractivity contribution in [3.8, 4) is 0 Å². The maximum absolute atomic E-state index is 12.2. The number of benzene rings is 2. The summed E-state index contributed by atoms with van der Waals surface area (Å²) in [6, 6.07) is 10.1. The summed E-state index contributed by atoms with van der Waals surface area (Å²) in [5.41, 5.74) is 11.7. The predicted molar refractivity (Wildman–Crippen MR) is 257 cm³/mol. The van der Waals surface area contributed by atoms with Gasteiger partial charge in [0.25, 0.3) is 5.91 Å². The Bertz CT molecular complexity index is 2490. The molecule has 2 unspecified atom stereocenters. The molecule has 0 spiro atoms. The number of primary amides is 1. The highest BCUT2D eigenvalue weighted by Crippen LogP contribution is 2.27. The molecule has 2 aliphatic heterocycles. The minimum Gasteiger partial charge on any atom is -0.366 e. The molecule has 4 aromatic rings. The molecule has 2 aromatic carbocycles. The molecular weight excluding hydrogens is 867 g/mol. The van der Waals surface area contributed by atoms with Crippen LogP contribution in [-0.4, -0.2) is 120 Å². The number of aryl methyl sites for hydroxylation is 2. The van der Waals surface area contributed by atoms with Gasteiger partial charge in [0.05, 0.1) is 18.6 Å². The second-order valence-electron chi connectivity index (χ2n) is 19.1. The summed E-state index contributed by atoms with van der Waals surface area (Å²) in [4.78, 5) is 71.2. The van der Waals surface area contributed by atoms with Crippen LogP contribution in [0.5, 0.6) is 0 Å². The van der Waals surface area contributed by atoms with E-state index in [1.807, 2.05) is 43.8 Å². The number of hydroxylamine groups is 1. The Labute approximate surface area is 387 Å². The van der Waals surface area contributed by atoms with Crippen molar-refractivity contribution in [1.82, 2.24) is 40.7 Å². The van der Waals surface area contributed by atoms with Gasteiger partial charge in [-0.1, -0.05) is 53.7 Å². The van der Waals surface area contributed by atoms with Crippen molar-refractivity contribution in [1.29, 1.82) is 0 Å². The van der Waals surface area contributed by atoms with Gasteiger partial charge in [0.2, 0.25) is 47.5 Å². The molecule has 0 saturated carbocycles. The maximum Gasteiger partial charge on any atom is 0.274 e. The molecule has 0 radical (unpaired) electrons. The van der Waals surface area contributed by atoms with Crippen molar-refractivity contribution in [2.24, 2.45) is 16.6 Å². The Balaban J connectivity index is 0.000000248. The summed E-state index contributed by atoms with van der Waals surface area (Å²) in [5.74, 6) is 1.66. The summed E-state index contributed by atoms with van der Waals surface area (Å²) in [6.45, 7) is 18.6. The van der Waals surface area contributed by atoms with Crippen molar-refractivity contribution < 1.29 is 27.6 Å². The molecule has 4 heterocycles. The Morgan fingerprint density at radius 2 is 1.30 bits per heavy atom. The highest BCUT2D eigenvalue weighted by atomic mass is 32.2. The van der Waals surface area contributed by atoms with E-state index in [0.717, 1.165) is 24.1 Å². The number of hydrogen-bond acceptors (Lipinski definition) is 18. The normalized spacial score (nSPS) is 16.6. The minimum atomic E-state index is -3.05. The van der Waals surface area contributed by atoms with Gasteiger partial charge >= 0.3 is 0 Å². The largest absolute Gasteiger partial charge is 0.366 e. The number of hydrogen-bond donors (Lipinski definition) is 7. The number of carbonyl (C=O) groups excluding carboxylic acids is 3. The van der Waals surface area contributed by atoms with Crippen molar-refractivity contribution in [2.45, 2.75) is 86.7 Å². The van der Waals surface area contributed by atoms with Crippen LogP contribution in [0.25, 0.3) is 0 Å². The zero-order chi connectivity index (χ0) is 48.6. The Morgan fingerprint density at radius 3 is 1.79 bits per heavy atom. The number of aromatic nitrogens is 6. The van der Waals surface area contributed by atoms with Gasteiger partial charge in [-0.25, -0.2) is 13.9 Å². The second kappa shape index (κ2) is 21.3. The quantitative estimate of drug-likeness (QED) is 0.0762. The van der Waals surface area contributed by atoms with Crippen molar-refractivity contribution >= 4 is 74.6 Å². The van der Waals surface area contributed by atoms with Crippen molar-refractivity contribution in [2.75, 3.05) is 83.4 Å². The SMILES string of the molecule is CONC(=O)c1ccc(C)c(Nc2nc(NCC3CCC(=O)N3)nc(N(C)CC(C)(C)C)n2)c1.Cc1ccc(C(N)=O)cc1Nc1nc(NC2CCS(=O)(=O)C2)nc(N(C)CC(C)(C)C)n1. The van der Waals surface area contributed by atoms with E-state index in [4.69, 9.17) is 10.6 Å². The van der Waals surface area contributed by atoms with Crippen LogP contribution in [-0.2, 0) is 19.5 Å². The van der Waals surface area contributed by atoms with Crippen LogP contribution >= 0.6 is 0 Å². The molecule has 2 atom stereocenters. The first-order chi connectivity index (χ1) is 30.8. The Kier molecular flexibility index (Phi) is 16.3. The molecular formula is C44H65N15O6S. The van der Waals surface area contributed by atoms with E-state index < -0.39 is 15.7 Å². The fourth-order valence-corrected chi connectivity index (χ4v) is 8.90. The molecule has 2 aromatic heterocycles. The average Bonchev–Trinajstić information content (AvgIpc) is 3.80.